The van der Waals surface area contributed by atoms with Gasteiger partial charge in [0.2, 0.25) is 15.6 Å². The van der Waals surface area contributed by atoms with Crippen LogP contribution in [0.4, 0.5) is 0 Å². The van der Waals surface area contributed by atoms with Crippen molar-refractivity contribution in [2.45, 2.75) is 9.79 Å². The van der Waals surface area contributed by atoms with Crippen LogP contribution < -0.4 is 14.2 Å². The molecule has 0 aliphatic heterocycles. The van der Waals surface area contributed by atoms with Gasteiger partial charge in [-0.05, 0) is 23.3 Å². The van der Waals surface area contributed by atoms with E-state index >= 15 is 0 Å². The number of hydrogen-bond acceptors (Lipinski definition) is 5. The number of benzene rings is 3. The van der Waals surface area contributed by atoms with Crippen LogP contribution in [-0.2, 0) is 9.84 Å². The van der Waals surface area contributed by atoms with Crippen molar-refractivity contribution in [3.05, 3.63) is 66.7 Å². The first-order valence-corrected chi connectivity index (χ1v) is 9.70. The highest BCUT2D eigenvalue weighted by atomic mass is 32.2. The standard InChI is InChI=1S/C21H20O5S/c1-24-19-13-18(14-20(25-2)21(19)26-3)27(22,23)17-11-7-10-16(12-17)15-8-5-4-6-9-15/h4-14H,1-3H3. The Kier molecular flexibility index (Phi) is 5.37. The molecule has 0 bridgehead atoms. The molecule has 5 nitrogen and oxygen atoms in total. The maximum Gasteiger partial charge on any atom is 0.206 e. The molecular formula is C21H20O5S. The lowest BCUT2D eigenvalue weighted by Crippen LogP contribution is -2.04. The zero-order valence-electron chi connectivity index (χ0n) is 15.3. The van der Waals surface area contributed by atoms with Gasteiger partial charge >= 0.3 is 0 Å². The summed E-state index contributed by atoms with van der Waals surface area (Å²) in [6.07, 6.45) is 0. The molecule has 3 aromatic rings. The summed E-state index contributed by atoms with van der Waals surface area (Å²) < 4.78 is 42.2. The van der Waals surface area contributed by atoms with E-state index in [1.54, 1.807) is 18.2 Å². The second-order valence-electron chi connectivity index (χ2n) is 5.76. The Morgan fingerprint density at radius 2 is 1.22 bits per heavy atom. The molecule has 0 amide bonds. The van der Waals surface area contributed by atoms with Gasteiger partial charge in [0.05, 0.1) is 31.1 Å². The second kappa shape index (κ2) is 7.72. The van der Waals surface area contributed by atoms with Crippen LogP contribution in [0.1, 0.15) is 0 Å². The summed E-state index contributed by atoms with van der Waals surface area (Å²) in [5, 5.41) is 0. The number of hydrogen-bond donors (Lipinski definition) is 0. The van der Waals surface area contributed by atoms with E-state index < -0.39 is 9.84 Å². The number of ether oxygens (including phenoxy) is 3. The minimum Gasteiger partial charge on any atom is -0.493 e. The molecule has 0 N–H and O–H groups in total. The molecule has 0 saturated heterocycles. The normalized spacial score (nSPS) is 11.1. The molecular weight excluding hydrogens is 364 g/mol. The van der Waals surface area contributed by atoms with Crippen LogP contribution in [0.25, 0.3) is 11.1 Å². The highest BCUT2D eigenvalue weighted by Crippen LogP contribution is 2.40. The van der Waals surface area contributed by atoms with Crippen molar-refractivity contribution in [1.29, 1.82) is 0 Å². The molecule has 0 radical (unpaired) electrons. The van der Waals surface area contributed by atoms with Gasteiger partial charge in [-0.2, -0.15) is 0 Å². The monoisotopic (exact) mass is 384 g/mol. The zero-order valence-corrected chi connectivity index (χ0v) is 16.1. The molecule has 0 atom stereocenters. The van der Waals surface area contributed by atoms with Crippen LogP contribution in [0, 0.1) is 0 Å². The van der Waals surface area contributed by atoms with Crippen LogP contribution >= 0.6 is 0 Å². The summed E-state index contributed by atoms with van der Waals surface area (Å²) in [5.74, 6) is 0.918. The molecule has 0 aliphatic carbocycles. The van der Waals surface area contributed by atoms with Gasteiger partial charge in [0.1, 0.15) is 0 Å². The molecule has 0 unspecified atom stereocenters. The van der Waals surface area contributed by atoms with Gasteiger partial charge < -0.3 is 14.2 Å². The third-order valence-electron chi connectivity index (χ3n) is 4.20. The maximum atomic E-state index is 13.2. The fourth-order valence-electron chi connectivity index (χ4n) is 2.82. The minimum atomic E-state index is -3.78. The molecule has 3 aromatic carbocycles. The van der Waals surface area contributed by atoms with E-state index in [1.807, 2.05) is 36.4 Å². The van der Waals surface area contributed by atoms with E-state index in [1.165, 1.54) is 33.5 Å². The SMILES string of the molecule is COc1cc(S(=O)(=O)c2cccc(-c3ccccc3)c2)cc(OC)c1OC. The molecule has 6 heteroatoms. The summed E-state index contributed by atoms with van der Waals surface area (Å²) in [7, 11) is 0.591. The predicted octanol–water partition coefficient (Wildman–Crippen LogP) is 4.21. The molecule has 0 spiro atoms. The van der Waals surface area contributed by atoms with E-state index in [4.69, 9.17) is 14.2 Å². The van der Waals surface area contributed by atoms with E-state index in [-0.39, 0.29) is 21.3 Å². The largest absolute Gasteiger partial charge is 0.493 e. The first-order valence-electron chi connectivity index (χ1n) is 8.22. The van der Waals surface area contributed by atoms with Crippen molar-refractivity contribution in [2.75, 3.05) is 21.3 Å². The van der Waals surface area contributed by atoms with Gasteiger partial charge in [-0.3, -0.25) is 0 Å². The summed E-state index contributed by atoms with van der Waals surface area (Å²) >= 11 is 0. The first-order chi connectivity index (χ1) is 13.0. The molecule has 0 heterocycles. The summed E-state index contributed by atoms with van der Waals surface area (Å²) in [6, 6.07) is 19.3. The van der Waals surface area contributed by atoms with Crippen LogP contribution in [0.3, 0.4) is 0 Å². The summed E-state index contributed by atoms with van der Waals surface area (Å²) in [6.45, 7) is 0. The topological polar surface area (TPSA) is 61.8 Å². The van der Waals surface area contributed by atoms with Gasteiger partial charge in [0.25, 0.3) is 0 Å². The van der Waals surface area contributed by atoms with E-state index in [0.29, 0.717) is 5.75 Å². The third kappa shape index (κ3) is 3.61. The lowest BCUT2D eigenvalue weighted by molar-refractivity contribution is 0.323. The van der Waals surface area contributed by atoms with E-state index in [0.717, 1.165) is 11.1 Å². The highest BCUT2D eigenvalue weighted by molar-refractivity contribution is 7.91. The Labute approximate surface area is 159 Å². The molecule has 3 rings (SSSR count). The van der Waals surface area contributed by atoms with Crippen LogP contribution in [0.15, 0.2) is 76.5 Å². The van der Waals surface area contributed by atoms with Crippen molar-refractivity contribution in [2.24, 2.45) is 0 Å². The van der Waals surface area contributed by atoms with E-state index in [9.17, 15) is 8.42 Å². The Bertz CT molecular complexity index is 1020. The summed E-state index contributed by atoms with van der Waals surface area (Å²) in [4.78, 5) is 0.264. The van der Waals surface area contributed by atoms with Crippen LogP contribution in [-0.4, -0.2) is 29.7 Å². The fourth-order valence-corrected chi connectivity index (χ4v) is 4.16. The number of rotatable bonds is 6. The van der Waals surface area contributed by atoms with Gasteiger partial charge in [-0.15, -0.1) is 0 Å². The second-order valence-corrected chi connectivity index (χ2v) is 7.71. The molecule has 0 saturated carbocycles. The molecule has 0 fully saturated rings. The Morgan fingerprint density at radius 3 is 1.78 bits per heavy atom. The van der Waals surface area contributed by atoms with Crippen molar-refractivity contribution in [3.8, 4) is 28.4 Å². The molecule has 0 aromatic heterocycles. The van der Waals surface area contributed by atoms with Gasteiger partial charge in [-0.1, -0.05) is 42.5 Å². The van der Waals surface area contributed by atoms with Crippen LogP contribution in [0.2, 0.25) is 0 Å². The Balaban J connectivity index is 2.13. The van der Waals surface area contributed by atoms with Gasteiger partial charge in [0.15, 0.2) is 11.5 Å². The van der Waals surface area contributed by atoms with Crippen molar-refractivity contribution in [1.82, 2.24) is 0 Å². The quantitative estimate of drug-likeness (QED) is 0.637. The van der Waals surface area contributed by atoms with E-state index in [2.05, 4.69) is 0 Å². The smallest absolute Gasteiger partial charge is 0.206 e. The molecule has 140 valence electrons. The Morgan fingerprint density at radius 1 is 0.630 bits per heavy atom. The van der Waals surface area contributed by atoms with Crippen molar-refractivity contribution < 1.29 is 22.6 Å². The minimum absolute atomic E-state index is 0.0715. The molecule has 0 aliphatic rings. The fraction of sp³-hybridized carbons (Fsp3) is 0.143. The predicted molar refractivity (Wildman–Crippen MR) is 103 cm³/mol. The Hall–Kier alpha value is -2.99. The van der Waals surface area contributed by atoms with Crippen LogP contribution in [0.5, 0.6) is 17.2 Å². The number of methoxy groups -OCH3 is 3. The maximum absolute atomic E-state index is 13.2. The lowest BCUT2D eigenvalue weighted by atomic mass is 10.1. The first kappa shape index (κ1) is 18.8. The van der Waals surface area contributed by atoms with Gasteiger partial charge in [0, 0.05) is 12.1 Å². The number of sulfone groups is 1. The van der Waals surface area contributed by atoms with Crippen molar-refractivity contribution >= 4 is 9.84 Å². The zero-order chi connectivity index (χ0) is 19.4. The average Bonchev–Trinajstić information content (AvgIpc) is 2.73. The average molecular weight is 384 g/mol. The van der Waals surface area contributed by atoms with Gasteiger partial charge in [-0.25, -0.2) is 8.42 Å². The summed E-state index contributed by atoms with van der Waals surface area (Å²) in [5.41, 5.74) is 1.77. The highest BCUT2D eigenvalue weighted by Gasteiger charge is 2.23. The van der Waals surface area contributed by atoms with Crippen molar-refractivity contribution in [3.63, 3.8) is 0 Å². The third-order valence-corrected chi connectivity index (χ3v) is 5.93. The molecule has 27 heavy (non-hydrogen) atoms. The lowest BCUT2D eigenvalue weighted by Gasteiger charge is -2.14.